The molecule has 0 N–H and O–H groups in total. The van der Waals surface area contributed by atoms with Gasteiger partial charge < -0.3 is 4.40 Å². The van der Waals surface area contributed by atoms with E-state index < -0.39 is 0 Å². The van der Waals surface area contributed by atoms with Crippen LogP contribution >= 0.6 is 0 Å². The Bertz CT molecular complexity index is 872. The standard InChI is InChI=1S/C18H15N3O/c1-13-15(6-4-9-19)21-12-3-2-5-16(21)17(13)18(22)14-7-10-20-11-8-14/h2-3,5,7-8,10-12H,4,6H2,1H3. The van der Waals surface area contributed by atoms with Crippen molar-refractivity contribution >= 4 is 11.3 Å². The third-order valence-electron chi connectivity index (χ3n) is 3.86. The Balaban J connectivity index is 2.20. The lowest BCUT2D eigenvalue weighted by Gasteiger charge is -2.01. The first-order valence-electron chi connectivity index (χ1n) is 7.14. The maximum absolute atomic E-state index is 12.9. The molecule has 3 heterocycles. The molecule has 0 atom stereocenters. The zero-order valence-corrected chi connectivity index (χ0v) is 12.3. The minimum atomic E-state index is -0.00759. The van der Waals surface area contributed by atoms with E-state index in [1.807, 2.05) is 35.7 Å². The summed E-state index contributed by atoms with van der Waals surface area (Å²) in [7, 11) is 0. The lowest BCUT2D eigenvalue weighted by Crippen LogP contribution is -2.02. The first kappa shape index (κ1) is 14.0. The number of fused-ring (bicyclic) bond motifs is 1. The molecular formula is C18H15N3O. The predicted octanol–water partition coefficient (Wildman–Crippen LogP) is 3.33. The van der Waals surface area contributed by atoms with Crippen molar-refractivity contribution < 1.29 is 4.79 Å². The summed E-state index contributed by atoms with van der Waals surface area (Å²) in [5.74, 6) is -0.00759. The molecule has 0 saturated heterocycles. The summed E-state index contributed by atoms with van der Waals surface area (Å²) in [6.07, 6.45) is 6.26. The van der Waals surface area contributed by atoms with E-state index in [0.29, 0.717) is 24.0 Å². The number of pyridine rings is 2. The third-order valence-corrected chi connectivity index (χ3v) is 3.86. The second-order valence-corrected chi connectivity index (χ2v) is 5.13. The van der Waals surface area contributed by atoms with Gasteiger partial charge in [0.15, 0.2) is 5.78 Å². The van der Waals surface area contributed by atoms with Gasteiger partial charge in [-0.05, 0) is 36.8 Å². The Hall–Kier alpha value is -2.93. The molecule has 0 aliphatic rings. The maximum atomic E-state index is 12.9. The summed E-state index contributed by atoms with van der Waals surface area (Å²) < 4.78 is 2.01. The van der Waals surface area contributed by atoms with Crippen LogP contribution in [0.1, 0.15) is 33.6 Å². The third kappa shape index (κ3) is 2.27. The molecular weight excluding hydrogens is 274 g/mol. The monoisotopic (exact) mass is 289 g/mol. The van der Waals surface area contributed by atoms with Gasteiger partial charge in [-0.15, -0.1) is 0 Å². The van der Waals surface area contributed by atoms with E-state index in [1.165, 1.54) is 0 Å². The highest BCUT2D eigenvalue weighted by Crippen LogP contribution is 2.26. The highest BCUT2D eigenvalue weighted by Gasteiger charge is 2.21. The molecule has 0 aliphatic carbocycles. The van der Waals surface area contributed by atoms with E-state index in [9.17, 15) is 4.79 Å². The van der Waals surface area contributed by atoms with Crippen LogP contribution < -0.4 is 0 Å². The predicted molar refractivity (Wildman–Crippen MR) is 83.7 cm³/mol. The van der Waals surface area contributed by atoms with Crippen molar-refractivity contribution in [2.45, 2.75) is 19.8 Å². The number of nitriles is 1. The highest BCUT2D eigenvalue weighted by molar-refractivity contribution is 6.14. The van der Waals surface area contributed by atoms with E-state index in [4.69, 9.17) is 5.26 Å². The van der Waals surface area contributed by atoms with Gasteiger partial charge in [0.05, 0.1) is 17.1 Å². The number of aryl methyl sites for hydroxylation is 1. The second-order valence-electron chi connectivity index (χ2n) is 5.13. The van der Waals surface area contributed by atoms with E-state index in [2.05, 4.69) is 11.1 Å². The van der Waals surface area contributed by atoms with Gasteiger partial charge in [0.2, 0.25) is 0 Å². The summed E-state index contributed by atoms with van der Waals surface area (Å²) in [4.78, 5) is 16.8. The number of nitrogens with zero attached hydrogens (tertiary/aromatic N) is 3. The number of carbonyl (C=O) groups is 1. The maximum Gasteiger partial charge on any atom is 0.195 e. The summed E-state index contributed by atoms with van der Waals surface area (Å²) in [5.41, 5.74) is 4.19. The van der Waals surface area contributed by atoms with Crippen LogP contribution in [0.3, 0.4) is 0 Å². The molecule has 0 amide bonds. The van der Waals surface area contributed by atoms with E-state index >= 15 is 0 Å². The largest absolute Gasteiger partial charge is 0.320 e. The quantitative estimate of drug-likeness (QED) is 0.692. The molecule has 3 rings (SSSR count). The lowest BCUT2D eigenvalue weighted by molar-refractivity contribution is 0.103. The van der Waals surface area contributed by atoms with Crippen molar-refractivity contribution in [2.75, 3.05) is 0 Å². The summed E-state index contributed by atoms with van der Waals surface area (Å²) in [6.45, 7) is 1.95. The zero-order valence-electron chi connectivity index (χ0n) is 12.3. The minimum absolute atomic E-state index is 0.00759. The van der Waals surface area contributed by atoms with Crippen LogP contribution in [0.25, 0.3) is 5.52 Å². The van der Waals surface area contributed by atoms with Crippen molar-refractivity contribution in [1.29, 1.82) is 5.26 Å². The molecule has 0 unspecified atom stereocenters. The molecule has 0 radical (unpaired) electrons. The summed E-state index contributed by atoms with van der Waals surface area (Å²) in [5, 5.41) is 8.85. The van der Waals surface area contributed by atoms with Crippen molar-refractivity contribution in [3.8, 4) is 6.07 Å². The first-order chi connectivity index (χ1) is 10.7. The van der Waals surface area contributed by atoms with Gasteiger partial charge in [-0.25, -0.2) is 0 Å². The Labute approximate surface area is 128 Å². The molecule has 108 valence electrons. The van der Waals surface area contributed by atoms with Gasteiger partial charge in [-0.2, -0.15) is 5.26 Å². The average molecular weight is 289 g/mol. The fourth-order valence-electron chi connectivity index (χ4n) is 2.82. The van der Waals surface area contributed by atoms with Gasteiger partial charge in [0, 0.05) is 42.7 Å². The number of hydrogen-bond donors (Lipinski definition) is 0. The molecule has 3 aromatic heterocycles. The number of aromatic nitrogens is 2. The first-order valence-corrected chi connectivity index (χ1v) is 7.14. The van der Waals surface area contributed by atoms with Crippen LogP contribution in [-0.4, -0.2) is 15.2 Å². The van der Waals surface area contributed by atoms with Crippen molar-refractivity contribution in [2.24, 2.45) is 0 Å². The molecule has 0 spiro atoms. The summed E-state index contributed by atoms with van der Waals surface area (Å²) >= 11 is 0. The van der Waals surface area contributed by atoms with E-state index in [1.54, 1.807) is 24.5 Å². The van der Waals surface area contributed by atoms with Gasteiger partial charge in [-0.1, -0.05) is 6.07 Å². The van der Waals surface area contributed by atoms with E-state index in [0.717, 1.165) is 16.8 Å². The van der Waals surface area contributed by atoms with Gasteiger partial charge in [-0.3, -0.25) is 9.78 Å². The van der Waals surface area contributed by atoms with Gasteiger partial charge >= 0.3 is 0 Å². The molecule has 0 aliphatic heterocycles. The Morgan fingerprint density at radius 2 is 2.05 bits per heavy atom. The van der Waals surface area contributed by atoms with Crippen LogP contribution in [0, 0.1) is 18.3 Å². The van der Waals surface area contributed by atoms with Crippen LogP contribution in [0.15, 0.2) is 48.9 Å². The van der Waals surface area contributed by atoms with E-state index in [-0.39, 0.29) is 5.78 Å². The number of rotatable bonds is 4. The molecule has 3 aromatic rings. The van der Waals surface area contributed by atoms with Crippen LogP contribution in [0.4, 0.5) is 0 Å². The second kappa shape index (κ2) is 5.82. The molecule has 0 fully saturated rings. The molecule has 4 nitrogen and oxygen atoms in total. The zero-order chi connectivity index (χ0) is 15.5. The topological polar surface area (TPSA) is 58.2 Å². The summed E-state index contributed by atoms with van der Waals surface area (Å²) in [6, 6.07) is 11.4. The van der Waals surface area contributed by atoms with Crippen molar-refractivity contribution in [3.05, 3.63) is 71.3 Å². The Morgan fingerprint density at radius 1 is 1.27 bits per heavy atom. The van der Waals surface area contributed by atoms with Gasteiger partial charge in [0.25, 0.3) is 0 Å². The molecule has 0 aromatic carbocycles. The Kier molecular flexibility index (Phi) is 3.71. The fraction of sp³-hybridized carbons (Fsp3) is 0.167. The van der Waals surface area contributed by atoms with Crippen LogP contribution in [0.2, 0.25) is 0 Å². The number of hydrogen-bond acceptors (Lipinski definition) is 3. The number of carbonyl (C=O) groups excluding carboxylic acids is 1. The Morgan fingerprint density at radius 3 is 2.77 bits per heavy atom. The fourth-order valence-corrected chi connectivity index (χ4v) is 2.82. The van der Waals surface area contributed by atoms with Crippen LogP contribution in [-0.2, 0) is 6.42 Å². The van der Waals surface area contributed by atoms with Crippen molar-refractivity contribution in [1.82, 2.24) is 9.38 Å². The highest BCUT2D eigenvalue weighted by atomic mass is 16.1. The molecule has 0 bridgehead atoms. The minimum Gasteiger partial charge on any atom is -0.320 e. The number of ketones is 1. The smallest absolute Gasteiger partial charge is 0.195 e. The molecule has 22 heavy (non-hydrogen) atoms. The average Bonchev–Trinajstić information content (AvgIpc) is 2.85. The van der Waals surface area contributed by atoms with Gasteiger partial charge in [0.1, 0.15) is 0 Å². The molecule has 4 heteroatoms. The molecule has 0 saturated carbocycles. The SMILES string of the molecule is Cc1c(C(=O)c2ccncc2)c2ccccn2c1CCC#N. The normalized spacial score (nSPS) is 10.5. The van der Waals surface area contributed by atoms with Crippen molar-refractivity contribution in [3.63, 3.8) is 0 Å². The van der Waals surface area contributed by atoms with Crippen LogP contribution in [0.5, 0.6) is 0 Å². The lowest BCUT2D eigenvalue weighted by atomic mass is 10.0.